The van der Waals surface area contributed by atoms with Crippen LogP contribution in [-0.2, 0) is 71.3 Å². The summed E-state index contributed by atoms with van der Waals surface area (Å²) in [5, 5.41) is 48.5. The van der Waals surface area contributed by atoms with Crippen LogP contribution in [0.25, 0.3) is 0 Å². The van der Waals surface area contributed by atoms with E-state index in [-0.39, 0.29) is 49.5 Å². The number of hydrogen-bond donors (Lipinski definition) is 6. The van der Waals surface area contributed by atoms with E-state index in [0.717, 1.165) is 5.57 Å². The van der Waals surface area contributed by atoms with Crippen molar-refractivity contribution in [3.05, 3.63) is 58.4 Å². The fourth-order valence-corrected chi connectivity index (χ4v) is 15.4. The van der Waals surface area contributed by atoms with Crippen molar-refractivity contribution < 1.29 is 96.5 Å². The van der Waals surface area contributed by atoms with Gasteiger partial charge in [-0.15, -0.1) is 0 Å². The molecular weight excluding hydrogens is 1080 g/mol. The van der Waals surface area contributed by atoms with Gasteiger partial charge >= 0.3 is 18.0 Å². The lowest BCUT2D eigenvalue weighted by atomic mass is 9.49. The highest BCUT2D eigenvalue weighted by Gasteiger charge is 2.65. The number of nitrogens with one attached hydrogen (secondary N) is 1. The maximum Gasteiger partial charge on any atom is 0.407 e. The summed E-state index contributed by atoms with van der Waals surface area (Å²) < 4.78 is 69.0. The molecule has 9 aliphatic rings. The fourth-order valence-electron chi connectivity index (χ4n) is 15.4. The van der Waals surface area contributed by atoms with Crippen LogP contribution >= 0.6 is 0 Å². The van der Waals surface area contributed by atoms with Crippen LogP contribution in [0.2, 0.25) is 0 Å². The molecule has 0 aromatic rings. The van der Waals surface area contributed by atoms with Crippen LogP contribution in [0.3, 0.4) is 0 Å². The largest absolute Gasteiger partial charge is 0.511 e. The lowest BCUT2D eigenvalue weighted by Crippen LogP contribution is -2.66. The molecule has 1 amide bonds. The number of rotatable bonds is 11. The van der Waals surface area contributed by atoms with E-state index >= 15 is 4.79 Å². The second kappa shape index (κ2) is 24.7. The Hall–Kier alpha value is -4.43. The molecular formula is C61H88N2O20. The summed E-state index contributed by atoms with van der Waals surface area (Å²) >= 11 is 0. The number of methoxy groups -OCH3 is 1. The van der Waals surface area contributed by atoms with E-state index < -0.39 is 180 Å². The third-order valence-electron chi connectivity index (χ3n) is 19.5. The number of esters is 2. The van der Waals surface area contributed by atoms with Crippen molar-refractivity contribution in [3.8, 4) is 0 Å². The minimum absolute atomic E-state index is 0.0492. The first-order valence-electron chi connectivity index (χ1n) is 29.6. The standard InChI is InChI=1S/C61H88N2O20/c1-27-13-16-42(79-48-25-59(10,62)54(34(8)77-48)63-58(72)73-12)28(2)20-39-40(66)21-36(26-64)24-61(39)56(70)49(57(71)83-61)55(69)60(11)38(27)15-14-37-50(60)29(3)19-30(4)52(37)82-47-23-44(53(33(7)76-47)78-35(9)65)81-45-18-17-43(31(5)74-45)80-46-22-41(67)51(68)32(6)75-46/h13-15,20-21,26,29-34,37-48,50-54,66-69H,16-19,22-25,62H2,1-12H3,(H,63,72)/b27-13+,28-20?,55-49?/t29-,30-,31-,32-,33-,34+,37-,38-,39+,40-,41+,42-,43+,44+,45-,46+,47-,48-,50+,51-,52-,53-,54-,59-,60+,61-/m0/s1. The lowest BCUT2D eigenvalue weighted by molar-refractivity contribution is -0.323. The van der Waals surface area contributed by atoms with E-state index in [1.165, 1.54) is 20.1 Å². The summed E-state index contributed by atoms with van der Waals surface area (Å²) in [6, 6.07) is -0.633. The van der Waals surface area contributed by atoms with Crippen molar-refractivity contribution >= 4 is 30.1 Å². The lowest BCUT2D eigenvalue weighted by Gasteiger charge is -2.56. The molecule has 5 saturated heterocycles. The average Bonchev–Trinajstić information content (AvgIpc) is 1.88. The Morgan fingerprint density at radius 1 is 0.783 bits per heavy atom. The van der Waals surface area contributed by atoms with Gasteiger partial charge < -0.3 is 83.6 Å². The zero-order valence-corrected chi connectivity index (χ0v) is 49.8. The minimum atomic E-state index is -2.12. The van der Waals surface area contributed by atoms with Crippen LogP contribution in [-0.4, -0.2) is 173 Å². The molecule has 0 aromatic heterocycles. The molecule has 0 aromatic carbocycles. The van der Waals surface area contributed by atoms with Gasteiger partial charge in [-0.25, -0.2) is 9.59 Å². The van der Waals surface area contributed by atoms with Gasteiger partial charge in [0.25, 0.3) is 0 Å². The highest BCUT2D eigenvalue weighted by molar-refractivity contribution is 6.26. The maximum atomic E-state index is 15.5. The quantitative estimate of drug-likeness (QED) is 0.0513. The Morgan fingerprint density at radius 3 is 2.12 bits per heavy atom. The van der Waals surface area contributed by atoms with Gasteiger partial charge in [-0.3, -0.25) is 14.4 Å². The molecule has 22 heteroatoms. The average molecular weight is 1170 g/mol. The molecule has 0 radical (unpaired) electrons. The minimum Gasteiger partial charge on any atom is -0.511 e. The van der Waals surface area contributed by atoms with E-state index in [1.807, 2.05) is 32.9 Å². The van der Waals surface area contributed by atoms with E-state index in [1.54, 1.807) is 40.7 Å². The second-order valence-electron chi connectivity index (χ2n) is 25.6. The Labute approximate surface area is 485 Å². The molecule has 0 unspecified atom stereocenters. The number of amides is 1. The van der Waals surface area contributed by atoms with Crippen LogP contribution in [0.1, 0.15) is 128 Å². The van der Waals surface area contributed by atoms with E-state index in [4.69, 9.17) is 57.8 Å². The Morgan fingerprint density at radius 2 is 1.46 bits per heavy atom. The number of carbonyl (C=O) groups is 5. The van der Waals surface area contributed by atoms with Crippen molar-refractivity contribution in [2.24, 2.45) is 46.7 Å². The van der Waals surface area contributed by atoms with Gasteiger partial charge in [0.05, 0.1) is 74.0 Å². The molecule has 1 spiro atoms. The Kier molecular flexibility index (Phi) is 18.8. The van der Waals surface area contributed by atoms with E-state index in [0.29, 0.717) is 31.1 Å². The van der Waals surface area contributed by atoms with E-state index in [9.17, 15) is 39.6 Å². The predicted octanol–water partition coefficient (Wildman–Crippen LogP) is 5.13. The number of fused-ring (bicyclic) bond motifs is 4. The molecule has 5 heterocycles. The summed E-state index contributed by atoms with van der Waals surface area (Å²) in [6.45, 7) is 20.0. The van der Waals surface area contributed by atoms with Crippen LogP contribution in [0, 0.1) is 40.9 Å². The number of alkyl carbamates (subject to hydrolysis) is 1. The summed E-state index contributed by atoms with van der Waals surface area (Å²) in [5.74, 6) is -5.89. The van der Waals surface area contributed by atoms with Crippen molar-refractivity contribution in [3.63, 3.8) is 0 Å². The molecule has 5 aliphatic heterocycles. The molecule has 2 bridgehead atoms. The number of Topliss-reactive ketones (excluding diaryl/α,β-unsaturated/α-hetero) is 1. The molecule has 22 nitrogen and oxygen atoms in total. The monoisotopic (exact) mass is 1170 g/mol. The number of ketones is 1. The summed E-state index contributed by atoms with van der Waals surface area (Å²) in [4.78, 5) is 67.6. The summed E-state index contributed by atoms with van der Waals surface area (Å²) in [5.41, 5.74) is 3.20. The Balaban J connectivity index is 1.02. The van der Waals surface area contributed by atoms with Gasteiger partial charge in [0, 0.05) is 61.8 Å². The van der Waals surface area contributed by atoms with Gasteiger partial charge in [-0.1, -0.05) is 50.6 Å². The number of nitrogens with two attached hydrogens (primary N) is 1. The zero-order valence-electron chi connectivity index (χ0n) is 49.8. The number of allylic oxidation sites excluding steroid dienone is 3. The molecule has 83 heavy (non-hydrogen) atoms. The number of aliphatic hydroxyl groups excluding tert-OH is 4. The second-order valence-corrected chi connectivity index (χ2v) is 25.6. The zero-order chi connectivity index (χ0) is 60.4. The SMILES string of the molecule is COC(=O)N[C@H]1[C@@H](C)O[C@@H](O[C@H]2C/C=C(\C)[C@@H]3C=C[C@@H]4[C@@H](O[C@H]5C[C@@H](O[C@H]6CC[C@@H](O[C@@H]7C[C@@H](O)[C@@H](O)[C@H](C)O7)[C@H](C)O6)[C@@H](OC(C)=O)[C@H](C)O5)[C@@H](C)C[C@H](C)[C@H]4[C@]3(C)C(O)=C3C(=O)O[C@]4(CC(C=O)=C[C@H](O)[C@H]4C=C2C)C3=O)C[C@]1(C)N. The molecule has 26 atom stereocenters. The number of hydrogen-bond acceptors (Lipinski definition) is 21. The van der Waals surface area contributed by atoms with Crippen molar-refractivity contribution in [2.75, 3.05) is 7.11 Å². The van der Waals surface area contributed by atoms with Gasteiger partial charge in [0.1, 0.15) is 29.8 Å². The highest BCUT2D eigenvalue weighted by Crippen LogP contribution is 2.61. The molecule has 9 rings (SSSR count). The first-order valence-corrected chi connectivity index (χ1v) is 29.6. The van der Waals surface area contributed by atoms with Crippen LogP contribution in [0.15, 0.2) is 58.4 Å². The number of ether oxygens (including phenoxy) is 11. The fraction of sp³-hybridized carbons (Fsp3) is 0.754. The molecule has 1 saturated carbocycles. The topological polar surface area (TPSA) is 306 Å². The van der Waals surface area contributed by atoms with Crippen molar-refractivity contribution in [1.29, 1.82) is 0 Å². The third kappa shape index (κ3) is 12.3. The normalized spacial score (nSPS) is 47.3. The summed E-state index contributed by atoms with van der Waals surface area (Å²) in [7, 11) is 1.26. The maximum absolute atomic E-state index is 15.5. The van der Waals surface area contributed by atoms with Crippen molar-refractivity contribution in [2.45, 2.75) is 243 Å². The molecule has 462 valence electrons. The molecule has 7 N–H and O–H groups in total. The van der Waals surface area contributed by atoms with Crippen LogP contribution in [0.5, 0.6) is 0 Å². The molecule has 6 fully saturated rings. The smallest absolute Gasteiger partial charge is 0.407 e. The van der Waals surface area contributed by atoms with Gasteiger partial charge in [0.2, 0.25) is 5.78 Å². The van der Waals surface area contributed by atoms with Gasteiger partial charge in [-0.2, -0.15) is 0 Å². The Bertz CT molecular complexity index is 2610. The number of aliphatic hydroxyl groups is 4. The summed E-state index contributed by atoms with van der Waals surface area (Å²) in [6.07, 6.45) is -1.57. The first-order chi connectivity index (χ1) is 39.1. The van der Waals surface area contributed by atoms with E-state index in [2.05, 4.69) is 25.2 Å². The van der Waals surface area contributed by atoms with Gasteiger partial charge in [0.15, 0.2) is 36.9 Å². The van der Waals surface area contributed by atoms with Crippen LogP contribution < -0.4 is 11.1 Å². The molecule has 4 aliphatic carbocycles. The predicted molar refractivity (Wildman–Crippen MR) is 294 cm³/mol. The van der Waals surface area contributed by atoms with Gasteiger partial charge in [-0.05, 0) is 103 Å². The number of aldehydes is 1. The van der Waals surface area contributed by atoms with Crippen LogP contribution in [0.4, 0.5) is 4.79 Å². The first kappa shape index (κ1) is 63.1. The van der Waals surface area contributed by atoms with Crippen molar-refractivity contribution in [1.82, 2.24) is 5.32 Å². The number of carbonyl (C=O) groups excluding carboxylic acids is 5. The third-order valence-corrected chi connectivity index (χ3v) is 19.5. The highest BCUT2D eigenvalue weighted by atomic mass is 16.7.